The molecule has 186 valence electrons. The highest BCUT2D eigenvalue weighted by Crippen LogP contribution is 2.27. The summed E-state index contributed by atoms with van der Waals surface area (Å²) in [6.07, 6.45) is 6.04. The van der Waals surface area contributed by atoms with Gasteiger partial charge in [0.1, 0.15) is 0 Å². The van der Waals surface area contributed by atoms with Crippen molar-refractivity contribution in [2.24, 2.45) is 0 Å². The second kappa shape index (κ2) is 11.3. The molecule has 4 aromatic rings. The lowest BCUT2D eigenvalue weighted by Gasteiger charge is -2.22. The summed E-state index contributed by atoms with van der Waals surface area (Å²) in [5.41, 5.74) is 6.33. The van der Waals surface area contributed by atoms with E-state index in [0.29, 0.717) is 24.7 Å². The third-order valence-corrected chi connectivity index (χ3v) is 8.01. The van der Waals surface area contributed by atoms with Gasteiger partial charge in [0.25, 0.3) is 5.91 Å². The lowest BCUT2D eigenvalue weighted by Crippen LogP contribution is -2.40. The lowest BCUT2D eigenvalue weighted by molar-refractivity contribution is 0.0941. The van der Waals surface area contributed by atoms with Crippen LogP contribution in [0, 0.1) is 6.92 Å². The van der Waals surface area contributed by atoms with Gasteiger partial charge in [0, 0.05) is 30.1 Å². The molecule has 0 bridgehead atoms. The third-order valence-electron chi connectivity index (χ3n) is 6.96. The number of aromatic nitrogens is 3. The van der Waals surface area contributed by atoms with E-state index < -0.39 is 0 Å². The number of nitrogens with zero attached hydrogens (tertiary/aromatic N) is 4. The van der Waals surface area contributed by atoms with E-state index in [1.165, 1.54) is 17.5 Å². The Labute approximate surface area is 217 Å². The van der Waals surface area contributed by atoms with Gasteiger partial charge in [0.05, 0.1) is 23.8 Å². The van der Waals surface area contributed by atoms with E-state index in [4.69, 9.17) is 4.98 Å². The summed E-state index contributed by atoms with van der Waals surface area (Å²) in [7, 11) is 0. The van der Waals surface area contributed by atoms with Crippen molar-refractivity contribution in [3.8, 4) is 0 Å². The Hall–Kier alpha value is -3.16. The van der Waals surface area contributed by atoms with Crippen LogP contribution in [0.5, 0.6) is 0 Å². The predicted molar refractivity (Wildman–Crippen MR) is 146 cm³/mol. The number of carbonyl (C=O) groups is 1. The number of nitrogens with one attached hydrogen (secondary N) is 1. The first-order valence-corrected chi connectivity index (χ1v) is 13.7. The number of benzene rings is 2. The van der Waals surface area contributed by atoms with Crippen molar-refractivity contribution in [3.63, 3.8) is 0 Å². The number of thioether (sulfide) groups is 1. The van der Waals surface area contributed by atoms with Gasteiger partial charge >= 0.3 is 0 Å². The fraction of sp³-hybridized carbons (Fsp3) is 0.345. The number of pyridine rings is 1. The van der Waals surface area contributed by atoms with Crippen LogP contribution in [0.15, 0.2) is 72.1 Å². The molecule has 6 nitrogen and oxygen atoms in total. The van der Waals surface area contributed by atoms with E-state index in [9.17, 15) is 4.79 Å². The second-order valence-corrected chi connectivity index (χ2v) is 10.4. The number of hydrogen-bond donors (Lipinski definition) is 1. The van der Waals surface area contributed by atoms with Crippen LogP contribution in [0.3, 0.4) is 0 Å². The average Bonchev–Trinajstić information content (AvgIpc) is 3.51. The number of carbonyl (C=O) groups excluding carboxylic acids is 1. The van der Waals surface area contributed by atoms with Crippen LogP contribution in [-0.4, -0.2) is 51.0 Å². The highest BCUT2D eigenvalue weighted by molar-refractivity contribution is 7.98. The van der Waals surface area contributed by atoms with Gasteiger partial charge in [0.15, 0.2) is 5.16 Å². The molecule has 1 saturated heterocycles. The topological polar surface area (TPSA) is 63.1 Å². The minimum absolute atomic E-state index is 0.00359. The number of aryl methyl sites for hydroxylation is 1. The van der Waals surface area contributed by atoms with Gasteiger partial charge in [-0.2, -0.15) is 0 Å². The summed E-state index contributed by atoms with van der Waals surface area (Å²) >= 11 is 1.74. The van der Waals surface area contributed by atoms with Crippen LogP contribution >= 0.6 is 11.8 Å². The van der Waals surface area contributed by atoms with Crippen molar-refractivity contribution in [1.82, 2.24) is 24.8 Å². The largest absolute Gasteiger partial charge is 0.350 e. The summed E-state index contributed by atoms with van der Waals surface area (Å²) in [6.45, 7) is 7.85. The molecule has 2 aromatic carbocycles. The van der Waals surface area contributed by atoms with Gasteiger partial charge in [-0.05, 0) is 62.2 Å². The number of likely N-dealkylation sites (tertiary alicyclic amines) is 1. The molecular weight excluding hydrogens is 466 g/mol. The summed E-state index contributed by atoms with van der Waals surface area (Å²) in [6, 6.07) is 19.0. The summed E-state index contributed by atoms with van der Waals surface area (Å²) in [5.74, 6) is 0.850. The molecule has 0 radical (unpaired) electrons. The van der Waals surface area contributed by atoms with E-state index in [0.717, 1.165) is 47.0 Å². The van der Waals surface area contributed by atoms with Gasteiger partial charge < -0.3 is 9.88 Å². The second-order valence-electron chi connectivity index (χ2n) is 9.45. The molecule has 1 fully saturated rings. The van der Waals surface area contributed by atoms with E-state index in [1.54, 1.807) is 18.0 Å². The zero-order valence-corrected chi connectivity index (χ0v) is 21.8. The monoisotopic (exact) mass is 499 g/mol. The number of hydrogen-bond acceptors (Lipinski definition) is 5. The zero-order valence-electron chi connectivity index (χ0n) is 21.0. The van der Waals surface area contributed by atoms with Crippen molar-refractivity contribution in [2.75, 3.05) is 19.6 Å². The van der Waals surface area contributed by atoms with Crippen LogP contribution in [0.1, 0.15) is 46.8 Å². The molecular formula is C29H33N5OS. The van der Waals surface area contributed by atoms with Crippen molar-refractivity contribution < 1.29 is 4.79 Å². The third kappa shape index (κ3) is 5.63. The van der Waals surface area contributed by atoms with Gasteiger partial charge in [-0.25, -0.2) is 4.98 Å². The molecule has 7 heteroatoms. The Bertz CT molecular complexity index is 1320. The summed E-state index contributed by atoms with van der Waals surface area (Å²) < 4.78 is 2.22. The van der Waals surface area contributed by atoms with Gasteiger partial charge in [-0.3, -0.25) is 14.7 Å². The number of amides is 1. The maximum atomic E-state index is 12.7. The van der Waals surface area contributed by atoms with Gasteiger partial charge in [0.2, 0.25) is 0 Å². The smallest absolute Gasteiger partial charge is 0.251 e. The van der Waals surface area contributed by atoms with E-state index >= 15 is 0 Å². The summed E-state index contributed by atoms with van der Waals surface area (Å²) in [5, 5.41) is 4.10. The molecule has 0 spiro atoms. The molecule has 0 unspecified atom stereocenters. The Kier molecular flexibility index (Phi) is 7.68. The fourth-order valence-electron chi connectivity index (χ4n) is 4.84. The SMILES string of the molecule is CCN1CCC[C@H]1CNC(=O)c1ccc(Cn2c(SCc3ccc(C)cc3)nc3ccncc32)cc1. The normalized spacial score (nSPS) is 16.0. The van der Waals surface area contributed by atoms with Crippen LogP contribution in [0.4, 0.5) is 0 Å². The molecule has 3 heterocycles. The van der Waals surface area contributed by atoms with E-state index in [-0.39, 0.29) is 5.91 Å². The van der Waals surface area contributed by atoms with Gasteiger partial charge in [-0.15, -0.1) is 0 Å². The minimum Gasteiger partial charge on any atom is -0.350 e. The highest BCUT2D eigenvalue weighted by atomic mass is 32.2. The van der Waals surface area contributed by atoms with Gasteiger partial charge in [-0.1, -0.05) is 60.6 Å². The van der Waals surface area contributed by atoms with Crippen molar-refractivity contribution in [1.29, 1.82) is 0 Å². The minimum atomic E-state index is -0.00359. The summed E-state index contributed by atoms with van der Waals surface area (Å²) in [4.78, 5) is 24.4. The van der Waals surface area contributed by atoms with Crippen molar-refractivity contribution in [2.45, 2.75) is 50.2 Å². The Morgan fingerprint density at radius 1 is 1.08 bits per heavy atom. The Morgan fingerprint density at radius 3 is 2.64 bits per heavy atom. The van der Waals surface area contributed by atoms with Crippen molar-refractivity contribution >= 4 is 28.7 Å². The quantitative estimate of drug-likeness (QED) is 0.317. The molecule has 36 heavy (non-hydrogen) atoms. The predicted octanol–water partition coefficient (Wildman–Crippen LogP) is 5.29. The standard InChI is InChI=1S/C29H33N5OS/c1-3-33-16-4-5-25(33)17-31-28(35)24-12-10-22(11-13-24)19-34-27-18-30-15-14-26(27)32-29(34)36-20-23-8-6-21(2)7-9-23/h6-15,18,25H,3-5,16-17,19-20H2,1-2H3,(H,31,35)/t25-/m0/s1. The van der Waals surface area contributed by atoms with Crippen LogP contribution < -0.4 is 5.32 Å². The molecule has 1 aliphatic heterocycles. The molecule has 1 aliphatic rings. The molecule has 2 aromatic heterocycles. The maximum Gasteiger partial charge on any atom is 0.251 e. The zero-order chi connectivity index (χ0) is 24.9. The van der Waals surface area contributed by atoms with Crippen LogP contribution in [-0.2, 0) is 12.3 Å². The number of likely N-dealkylation sites (N-methyl/N-ethyl adjacent to an activating group) is 1. The highest BCUT2D eigenvalue weighted by Gasteiger charge is 2.23. The van der Waals surface area contributed by atoms with Crippen LogP contribution in [0.2, 0.25) is 0 Å². The molecule has 1 N–H and O–H groups in total. The first-order valence-electron chi connectivity index (χ1n) is 12.7. The van der Waals surface area contributed by atoms with E-state index in [2.05, 4.69) is 57.9 Å². The number of fused-ring (bicyclic) bond motifs is 1. The Morgan fingerprint density at radius 2 is 1.86 bits per heavy atom. The molecule has 0 saturated carbocycles. The molecule has 5 rings (SSSR count). The fourth-order valence-corrected chi connectivity index (χ4v) is 5.81. The lowest BCUT2D eigenvalue weighted by atomic mass is 10.1. The molecule has 1 atom stereocenters. The van der Waals surface area contributed by atoms with E-state index in [1.807, 2.05) is 36.5 Å². The maximum absolute atomic E-state index is 12.7. The molecule has 1 amide bonds. The van der Waals surface area contributed by atoms with Crippen molar-refractivity contribution in [3.05, 3.63) is 89.2 Å². The van der Waals surface area contributed by atoms with Crippen LogP contribution in [0.25, 0.3) is 11.0 Å². The average molecular weight is 500 g/mol. The number of imidazole rings is 1. The number of rotatable bonds is 9. The Balaban J connectivity index is 1.27. The first kappa shape index (κ1) is 24.5. The first-order chi connectivity index (χ1) is 17.6. The molecule has 0 aliphatic carbocycles.